The van der Waals surface area contributed by atoms with E-state index in [2.05, 4.69) is 5.32 Å². The third-order valence-corrected chi connectivity index (χ3v) is 6.82. The second-order valence-electron chi connectivity index (χ2n) is 7.24. The van der Waals surface area contributed by atoms with Crippen LogP contribution in [-0.4, -0.2) is 57.5 Å². The van der Waals surface area contributed by atoms with E-state index in [1.165, 1.54) is 5.56 Å². The fraction of sp³-hybridized carbons (Fsp3) is 0.409. The van der Waals surface area contributed by atoms with E-state index in [0.29, 0.717) is 19.6 Å². The Hall–Kier alpha value is -2.38. The van der Waals surface area contributed by atoms with Crippen LogP contribution in [0.2, 0.25) is 0 Å². The maximum atomic E-state index is 13.0. The number of ether oxygens (including phenoxy) is 1. The van der Waals surface area contributed by atoms with Crippen LogP contribution < -0.4 is 10.1 Å². The minimum Gasteiger partial charge on any atom is -0.497 e. The van der Waals surface area contributed by atoms with Gasteiger partial charge in [0.2, 0.25) is 5.91 Å². The molecule has 1 N–H and O–H groups in total. The first-order valence-electron chi connectivity index (χ1n) is 9.88. The first kappa shape index (κ1) is 21.3. The topological polar surface area (TPSA) is 75.7 Å². The van der Waals surface area contributed by atoms with E-state index in [9.17, 15) is 13.2 Å². The molecular weight excluding hydrogens is 388 g/mol. The van der Waals surface area contributed by atoms with Gasteiger partial charge in [-0.15, -0.1) is 0 Å². The Labute approximate surface area is 172 Å². The standard InChI is InChI=1S/C22H28N2O4S/c1-28-20-11-9-18(10-12-20)6-5-13-23-22(25)21(19-7-3-2-4-8-19)24-14-16-29(26,27)17-15-24/h2-4,7-12,21H,5-6,13-17H2,1H3,(H,23,25). The number of nitrogens with zero attached hydrogens (tertiary/aromatic N) is 1. The number of sulfone groups is 1. The summed E-state index contributed by atoms with van der Waals surface area (Å²) >= 11 is 0. The lowest BCUT2D eigenvalue weighted by Gasteiger charge is -2.33. The van der Waals surface area contributed by atoms with Crippen molar-refractivity contribution < 1.29 is 17.9 Å². The van der Waals surface area contributed by atoms with Crippen molar-refractivity contribution >= 4 is 15.7 Å². The highest BCUT2D eigenvalue weighted by Crippen LogP contribution is 2.23. The van der Waals surface area contributed by atoms with Gasteiger partial charge in [-0.3, -0.25) is 9.69 Å². The summed E-state index contributed by atoms with van der Waals surface area (Å²) in [6, 6.07) is 17.0. The summed E-state index contributed by atoms with van der Waals surface area (Å²) in [4.78, 5) is 14.9. The van der Waals surface area contributed by atoms with Crippen LogP contribution in [0.25, 0.3) is 0 Å². The molecule has 3 rings (SSSR count). The largest absolute Gasteiger partial charge is 0.497 e. The minimum absolute atomic E-state index is 0.0785. The van der Waals surface area contributed by atoms with Gasteiger partial charge in [-0.2, -0.15) is 0 Å². The first-order valence-corrected chi connectivity index (χ1v) is 11.7. The van der Waals surface area contributed by atoms with Crippen LogP contribution in [0, 0.1) is 0 Å². The zero-order chi connectivity index (χ0) is 20.7. The second kappa shape index (κ2) is 9.89. The van der Waals surface area contributed by atoms with Crippen LogP contribution in [0.1, 0.15) is 23.6 Å². The lowest BCUT2D eigenvalue weighted by molar-refractivity contribution is -0.126. The molecule has 29 heavy (non-hydrogen) atoms. The SMILES string of the molecule is COc1ccc(CCCNC(=O)C(c2ccccc2)N2CCS(=O)(=O)CC2)cc1. The Balaban J connectivity index is 1.58. The third kappa shape index (κ3) is 6.05. The number of aryl methyl sites for hydroxylation is 1. The van der Waals surface area contributed by atoms with E-state index in [1.807, 2.05) is 59.5 Å². The average Bonchev–Trinajstić information content (AvgIpc) is 2.74. The molecule has 1 heterocycles. The van der Waals surface area contributed by atoms with Crippen molar-refractivity contribution in [2.75, 3.05) is 38.2 Å². The zero-order valence-corrected chi connectivity index (χ0v) is 17.5. The van der Waals surface area contributed by atoms with Gasteiger partial charge in [0.25, 0.3) is 0 Å². The van der Waals surface area contributed by atoms with Crippen molar-refractivity contribution in [2.45, 2.75) is 18.9 Å². The molecule has 0 spiro atoms. The maximum Gasteiger partial charge on any atom is 0.241 e. The van der Waals surface area contributed by atoms with Gasteiger partial charge in [0, 0.05) is 19.6 Å². The summed E-state index contributed by atoms with van der Waals surface area (Å²) in [6.07, 6.45) is 1.69. The molecule has 156 valence electrons. The van der Waals surface area contributed by atoms with Gasteiger partial charge >= 0.3 is 0 Å². The van der Waals surface area contributed by atoms with Gasteiger partial charge in [-0.05, 0) is 36.1 Å². The van der Waals surface area contributed by atoms with E-state index in [4.69, 9.17) is 4.74 Å². The molecule has 2 aromatic carbocycles. The number of nitrogens with one attached hydrogen (secondary N) is 1. The lowest BCUT2D eigenvalue weighted by atomic mass is 10.0. The summed E-state index contributed by atoms with van der Waals surface area (Å²) in [5, 5.41) is 3.04. The summed E-state index contributed by atoms with van der Waals surface area (Å²) in [7, 11) is -1.35. The molecule has 0 bridgehead atoms. The number of carbonyl (C=O) groups is 1. The number of methoxy groups -OCH3 is 1. The van der Waals surface area contributed by atoms with Crippen molar-refractivity contribution in [1.29, 1.82) is 0 Å². The van der Waals surface area contributed by atoms with Crippen LogP contribution in [-0.2, 0) is 21.1 Å². The van der Waals surface area contributed by atoms with E-state index in [1.54, 1.807) is 7.11 Å². The summed E-state index contributed by atoms with van der Waals surface area (Å²) in [6.45, 7) is 1.32. The fourth-order valence-electron chi connectivity index (χ4n) is 3.54. The van der Waals surface area contributed by atoms with Gasteiger partial charge in [0.1, 0.15) is 11.8 Å². The Morgan fingerprint density at radius 1 is 1.07 bits per heavy atom. The predicted molar refractivity (Wildman–Crippen MR) is 114 cm³/mol. The van der Waals surface area contributed by atoms with Crippen molar-refractivity contribution in [3.63, 3.8) is 0 Å². The van der Waals surface area contributed by atoms with Crippen LogP contribution in [0.5, 0.6) is 5.75 Å². The third-order valence-electron chi connectivity index (χ3n) is 5.21. The Kier molecular flexibility index (Phi) is 7.28. The predicted octanol–water partition coefficient (Wildman–Crippen LogP) is 2.22. The molecule has 6 nitrogen and oxygen atoms in total. The number of amides is 1. The van der Waals surface area contributed by atoms with Crippen molar-refractivity contribution in [3.05, 3.63) is 65.7 Å². The number of benzene rings is 2. The molecule has 0 radical (unpaired) electrons. The van der Waals surface area contributed by atoms with Gasteiger partial charge in [0.05, 0.1) is 18.6 Å². The first-order chi connectivity index (χ1) is 14.0. The average molecular weight is 417 g/mol. The highest BCUT2D eigenvalue weighted by Gasteiger charge is 2.32. The second-order valence-corrected chi connectivity index (χ2v) is 9.55. The molecule has 1 atom stereocenters. The number of hydrogen-bond acceptors (Lipinski definition) is 5. The number of carbonyl (C=O) groups excluding carboxylic acids is 1. The fourth-order valence-corrected chi connectivity index (χ4v) is 4.77. The summed E-state index contributed by atoms with van der Waals surface area (Å²) in [5.41, 5.74) is 2.08. The highest BCUT2D eigenvalue weighted by molar-refractivity contribution is 7.91. The van der Waals surface area contributed by atoms with Crippen LogP contribution in [0.3, 0.4) is 0 Å². The minimum atomic E-state index is -3.00. The van der Waals surface area contributed by atoms with Gasteiger partial charge < -0.3 is 10.1 Å². The van der Waals surface area contributed by atoms with Crippen LogP contribution >= 0.6 is 0 Å². The maximum absolute atomic E-state index is 13.0. The molecule has 0 saturated carbocycles. The summed E-state index contributed by atoms with van der Waals surface area (Å²) < 4.78 is 28.7. The molecule has 1 aliphatic rings. The molecule has 0 aromatic heterocycles. The summed E-state index contributed by atoms with van der Waals surface area (Å²) in [5.74, 6) is 0.948. The normalized spacial score (nSPS) is 17.4. The van der Waals surface area contributed by atoms with Gasteiger partial charge in [-0.1, -0.05) is 42.5 Å². The molecule has 1 fully saturated rings. The quantitative estimate of drug-likeness (QED) is 0.668. The molecule has 0 aliphatic carbocycles. The molecule has 1 unspecified atom stereocenters. The van der Waals surface area contributed by atoms with Gasteiger partial charge in [0.15, 0.2) is 9.84 Å². The molecule has 2 aromatic rings. The van der Waals surface area contributed by atoms with Gasteiger partial charge in [-0.25, -0.2) is 8.42 Å². The van der Waals surface area contributed by atoms with E-state index < -0.39 is 15.9 Å². The van der Waals surface area contributed by atoms with Crippen molar-refractivity contribution in [2.24, 2.45) is 0 Å². The van der Waals surface area contributed by atoms with Crippen molar-refractivity contribution in [1.82, 2.24) is 10.2 Å². The Morgan fingerprint density at radius 3 is 2.34 bits per heavy atom. The number of hydrogen-bond donors (Lipinski definition) is 1. The molecule has 1 saturated heterocycles. The molecular formula is C22H28N2O4S. The smallest absolute Gasteiger partial charge is 0.241 e. The molecule has 1 amide bonds. The number of rotatable bonds is 8. The Bertz CT molecular complexity index is 884. The molecule has 7 heteroatoms. The van der Waals surface area contributed by atoms with E-state index >= 15 is 0 Å². The van der Waals surface area contributed by atoms with Crippen LogP contribution in [0.15, 0.2) is 54.6 Å². The monoisotopic (exact) mass is 416 g/mol. The molecule has 1 aliphatic heterocycles. The van der Waals surface area contributed by atoms with Crippen molar-refractivity contribution in [3.8, 4) is 5.75 Å². The Morgan fingerprint density at radius 2 is 1.72 bits per heavy atom. The van der Waals surface area contributed by atoms with E-state index in [0.717, 1.165) is 24.2 Å². The van der Waals surface area contributed by atoms with E-state index in [-0.39, 0.29) is 17.4 Å². The zero-order valence-electron chi connectivity index (χ0n) is 16.7. The lowest BCUT2D eigenvalue weighted by Crippen LogP contribution is -2.47. The van der Waals surface area contributed by atoms with Crippen LogP contribution in [0.4, 0.5) is 0 Å². The highest BCUT2D eigenvalue weighted by atomic mass is 32.2.